The molecule has 1 aromatic rings. The number of benzene rings is 1. The highest BCUT2D eigenvalue weighted by atomic mass is 16.2. The van der Waals surface area contributed by atoms with E-state index in [4.69, 9.17) is 0 Å². The van der Waals surface area contributed by atoms with E-state index in [1.165, 1.54) is 0 Å². The summed E-state index contributed by atoms with van der Waals surface area (Å²) in [6.07, 6.45) is 0. The fraction of sp³-hybridized carbons (Fsp3) is 0.333. The second-order valence-corrected chi connectivity index (χ2v) is 4.21. The van der Waals surface area contributed by atoms with Crippen molar-refractivity contribution in [2.24, 2.45) is 0 Å². The molecule has 0 saturated carbocycles. The molecule has 0 bridgehead atoms. The number of rotatable bonds is 2. The van der Waals surface area contributed by atoms with Crippen molar-refractivity contribution in [3.8, 4) is 0 Å². The third-order valence-corrected chi connectivity index (χ3v) is 2.65. The first-order chi connectivity index (χ1) is 8.08. The van der Waals surface area contributed by atoms with Crippen LogP contribution >= 0.6 is 0 Å². The van der Waals surface area contributed by atoms with Crippen LogP contribution in [0.25, 0.3) is 0 Å². The van der Waals surface area contributed by atoms with Gasteiger partial charge in [-0.3, -0.25) is 14.9 Å². The van der Waals surface area contributed by atoms with Crippen molar-refractivity contribution in [2.45, 2.75) is 0 Å². The summed E-state index contributed by atoms with van der Waals surface area (Å²) in [5.41, 5.74) is 1.90. The normalized spacial score (nSPS) is 15.8. The Morgan fingerprint density at radius 1 is 1.12 bits per heavy atom. The highest BCUT2D eigenvalue weighted by molar-refractivity contribution is 6.03. The van der Waals surface area contributed by atoms with E-state index in [1.807, 2.05) is 43.3 Å². The quantitative estimate of drug-likeness (QED) is 0.742. The summed E-state index contributed by atoms with van der Waals surface area (Å²) < 4.78 is 0. The Morgan fingerprint density at radius 3 is 2.29 bits per heavy atom. The first-order valence-corrected chi connectivity index (χ1v) is 5.42. The zero-order valence-electron chi connectivity index (χ0n) is 9.93. The van der Waals surface area contributed by atoms with E-state index in [9.17, 15) is 9.59 Å². The Bertz CT molecular complexity index is 441. The SMILES string of the molecule is CN(C)c1ccccc1N1CC(=O)NC(=O)C1. The van der Waals surface area contributed by atoms with Crippen molar-refractivity contribution in [3.05, 3.63) is 24.3 Å². The fourth-order valence-corrected chi connectivity index (χ4v) is 1.92. The van der Waals surface area contributed by atoms with Crippen molar-refractivity contribution < 1.29 is 9.59 Å². The molecule has 0 aliphatic carbocycles. The van der Waals surface area contributed by atoms with Gasteiger partial charge in [-0.15, -0.1) is 0 Å². The van der Waals surface area contributed by atoms with Crippen LogP contribution in [0.4, 0.5) is 11.4 Å². The average Bonchev–Trinajstić information content (AvgIpc) is 2.27. The lowest BCUT2D eigenvalue weighted by Gasteiger charge is -2.30. The van der Waals surface area contributed by atoms with Crippen molar-refractivity contribution in [1.29, 1.82) is 0 Å². The molecule has 1 saturated heterocycles. The summed E-state index contributed by atoms with van der Waals surface area (Å²) in [6, 6.07) is 7.72. The maximum Gasteiger partial charge on any atom is 0.246 e. The van der Waals surface area contributed by atoms with E-state index < -0.39 is 0 Å². The highest BCUT2D eigenvalue weighted by Crippen LogP contribution is 2.27. The lowest BCUT2D eigenvalue weighted by molar-refractivity contribution is -0.130. The number of piperazine rings is 1. The maximum atomic E-state index is 11.4. The minimum atomic E-state index is -0.255. The summed E-state index contributed by atoms with van der Waals surface area (Å²) in [5, 5.41) is 2.29. The molecule has 1 fully saturated rings. The molecule has 2 rings (SSSR count). The van der Waals surface area contributed by atoms with Gasteiger partial charge in [0.15, 0.2) is 0 Å². The van der Waals surface area contributed by atoms with Gasteiger partial charge in [-0.2, -0.15) is 0 Å². The molecule has 0 atom stereocenters. The van der Waals surface area contributed by atoms with E-state index in [0.29, 0.717) is 0 Å². The number of hydrogen-bond donors (Lipinski definition) is 1. The van der Waals surface area contributed by atoms with E-state index in [2.05, 4.69) is 5.32 Å². The minimum absolute atomic E-state index is 0.219. The van der Waals surface area contributed by atoms with E-state index in [1.54, 1.807) is 4.90 Å². The zero-order chi connectivity index (χ0) is 12.4. The molecule has 0 aromatic heterocycles. The van der Waals surface area contributed by atoms with Crippen LogP contribution in [0.3, 0.4) is 0 Å². The lowest BCUT2D eigenvalue weighted by Crippen LogP contribution is -2.51. The molecule has 2 amide bonds. The first kappa shape index (κ1) is 11.4. The van der Waals surface area contributed by atoms with E-state index in [-0.39, 0.29) is 24.9 Å². The van der Waals surface area contributed by atoms with Gasteiger partial charge in [0.1, 0.15) is 0 Å². The second kappa shape index (κ2) is 4.45. The predicted molar refractivity (Wildman–Crippen MR) is 66.1 cm³/mol. The van der Waals surface area contributed by atoms with Crippen molar-refractivity contribution >= 4 is 23.2 Å². The Hall–Kier alpha value is -2.04. The number of anilines is 2. The average molecular weight is 233 g/mol. The molecule has 5 heteroatoms. The van der Waals surface area contributed by atoms with Gasteiger partial charge in [-0.05, 0) is 12.1 Å². The van der Waals surface area contributed by atoms with Crippen LogP contribution in [0.5, 0.6) is 0 Å². The molecular weight excluding hydrogens is 218 g/mol. The summed E-state index contributed by atoms with van der Waals surface area (Å²) in [6.45, 7) is 0.438. The zero-order valence-corrected chi connectivity index (χ0v) is 9.93. The van der Waals surface area contributed by atoms with Crippen molar-refractivity contribution in [3.63, 3.8) is 0 Å². The van der Waals surface area contributed by atoms with Crippen molar-refractivity contribution in [1.82, 2.24) is 5.32 Å². The highest BCUT2D eigenvalue weighted by Gasteiger charge is 2.24. The van der Waals surface area contributed by atoms with Crippen molar-refractivity contribution in [2.75, 3.05) is 37.0 Å². The van der Waals surface area contributed by atoms with Crippen LogP contribution in [0.15, 0.2) is 24.3 Å². The monoisotopic (exact) mass is 233 g/mol. The van der Waals surface area contributed by atoms with Gasteiger partial charge in [0.05, 0.1) is 24.5 Å². The first-order valence-electron chi connectivity index (χ1n) is 5.42. The van der Waals surface area contributed by atoms with Gasteiger partial charge in [0.25, 0.3) is 0 Å². The van der Waals surface area contributed by atoms with Gasteiger partial charge in [-0.1, -0.05) is 12.1 Å². The number of nitrogens with one attached hydrogen (secondary N) is 1. The number of para-hydroxylation sites is 2. The van der Waals surface area contributed by atoms with Crippen LogP contribution in [0.1, 0.15) is 0 Å². The molecule has 1 N–H and O–H groups in total. The molecule has 90 valence electrons. The summed E-state index contributed by atoms with van der Waals surface area (Å²) in [4.78, 5) is 26.5. The van der Waals surface area contributed by atoms with Crippen LogP contribution < -0.4 is 15.1 Å². The Morgan fingerprint density at radius 2 is 1.71 bits per heavy atom. The molecule has 0 radical (unpaired) electrons. The smallest absolute Gasteiger partial charge is 0.246 e. The maximum absolute atomic E-state index is 11.4. The van der Waals surface area contributed by atoms with Gasteiger partial charge in [-0.25, -0.2) is 0 Å². The molecule has 1 heterocycles. The van der Waals surface area contributed by atoms with Gasteiger partial charge < -0.3 is 9.80 Å². The van der Waals surface area contributed by atoms with Crippen LogP contribution in [-0.4, -0.2) is 39.0 Å². The van der Waals surface area contributed by atoms with E-state index in [0.717, 1.165) is 11.4 Å². The lowest BCUT2D eigenvalue weighted by atomic mass is 10.2. The number of carbonyl (C=O) groups excluding carboxylic acids is 2. The third kappa shape index (κ3) is 2.38. The molecule has 0 spiro atoms. The number of imide groups is 1. The topological polar surface area (TPSA) is 52.6 Å². The Kier molecular flexibility index (Phi) is 2.99. The molecule has 1 aromatic carbocycles. The number of hydrogen-bond acceptors (Lipinski definition) is 4. The van der Waals surface area contributed by atoms with Crippen LogP contribution in [-0.2, 0) is 9.59 Å². The number of carbonyl (C=O) groups is 2. The molecule has 5 nitrogen and oxygen atoms in total. The summed E-state index contributed by atoms with van der Waals surface area (Å²) in [7, 11) is 3.87. The summed E-state index contributed by atoms with van der Waals surface area (Å²) in [5.74, 6) is -0.510. The molecule has 1 aliphatic rings. The molecular formula is C12H15N3O2. The Labute approximate surface area is 100 Å². The summed E-state index contributed by atoms with van der Waals surface area (Å²) >= 11 is 0. The van der Waals surface area contributed by atoms with Gasteiger partial charge in [0, 0.05) is 14.1 Å². The largest absolute Gasteiger partial charge is 0.376 e. The Balaban J connectivity index is 2.33. The fourth-order valence-electron chi connectivity index (χ4n) is 1.92. The van der Waals surface area contributed by atoms with E-state index >= 15 is 0 Å². The number of nitrogens with zero attached hydrogens (tertiary/aromatic N) is 2. The molecule has 0 unspecified atom stereocenters. The third-order valence-electron chi connectivity index (χ3n) is 2.65. The van der Waals surface area contributed by atoms with Gasteiger partial charge in [0.2, 0.25) is 11.8 Å². The standard InChI is InChI=1S/C12H15N3O2/c1-14(2)9-5-3-4-6-10(9)15-7-11(16)13-12(17)8-15/h3-6H,7-8H2,1-2H3,(H,13,16,17). The minimum Gasteiger partial charge on any atom is -0.376 e. The molecule has 1 aliphatic heterocycles. The molecule has 17 heavy (non-hydrogen) atoms. The van der Waals surface area contributed by atoms with Gasteiger partial charge >= 0.3 is 0 Å². The number of amides is 2. The van der Waals surface area contributed by atoms with Crippen LogP contribution in [0, 0.1) is 0 Å². The predicted octanol–water partition coefficient (Wildman–Crippen LogP) is 0.215. The van der Waals surface area contributed by atoms with Crippen LogP contribution in [0.2, 0.25) is 0 Å². The second-order valence-electron chi connectivity index (χ2n) is 4.21.